The highest BCUT2D eigenvalue weighted by atomic mass is 16.1. The third-order valence-electron chi connectivity index (χ3n) is 6.72. The third kappa shape index (κ3) is 3.55. The molecule has 0 unspecified atom stereocenters. The molecular formula is C32H24N2O2. The fourth-order valence-corrected chi connectivity index (χ4v) is 4.98. The number of aryl methyl sites for hydroxylation is 2. The number of nitrogens with one attached hydrogen (secondary N) is 2. The van der Waals surface area contributed by atoms with E-state index in [0.717, 1.165) is 44.4 Å². The van der Waals surface area contributed by atoms with Crippen LogP contribution in [0.3, 0.4) is 0 Å². The fraction of sp³-hybridized carbons (Fsp3) is 0.0625. The van der Waals surface area contributed by atoms with E-state index in [1.165, 1.54) is 0 Å². The van der Waals surface area contributed by atoms with Gasteiger partial charge in [0.05, 0.1) is 16.8 Å². The summed E-state index contributed by atoms with van der Waals surface area (Å²) in [7, 11) is 0. The highest BCUT2D eigenvalue weighted by Crippen LogP contribution is 2.42. The summed E-state index contributed by atoms with van der Waals surface area (Å²) in [6, 6.07) is 31.3. The average molecular weight is 469 g/mol. The van der Waals surface area contributed by atoms with E-state index in [1.54, 1.807) is 0 Å². The van der Waals surface area contributed by atoms with Crippen LogP contribution in [0.2, 0.25) is 0 Å². The Kier molecular flexibility index (Phi) is 5.15. The number of aromatic nitrogens is 1. The van der Waals surface area contributed by atoms with Gasteiger partial charge in [0.15, 0.2) is 5.78 Å². The summed E-state index contributed by atoms with van der Waals surface area (Å²) in [6.07, 6.45) is 0. The van der Waals surface area contributed by atoms with E-state index in [4.69, 9.17) is 0 Å². The van der Waals surface area contributed by atoms with Crippen LogP contribution in [0.25, 0.3) is 33.3 Å². The number of anilines is 1. The van der Waals surface area contributed by atoms with Gasteiger partial charge in [0.25, 0.3) is 5.56 Å². The summed E-state index contributed by atoms with van der Waals surface area (Å²) in [5.74, 6) is -0.158. The minimum atomic E-state index is -0.287. The van der Waals surface area contributed by atoms with Gasteiger partial charge in [-0.25, -0.2) is 0 Å². The molecule has 174 valence electrons. The summed E-state index contributed by atoms with van der Waals surface area (Å²) < 4.78 is 0. The number of allylic oxidation sites excluding steroid dienone is 1. The lowest BCUT2D eigenvalue weighted by Crippen LogP contribution is -2.17. The van der Waals surface area contributed by atoms with Crippen LogP contribution in [0.15, 0.2) is 102 Å². The van der Waals surface area contributed by atoms with Gasteiger partial charge in [0.1, 0.15) is 0 Å². The Morgan fingerprint density at radius 1 is 0.667 bits per heavy atom. The summed E-state index contributed by atoms with van der Waals surface area (Å²) >= 11 is 0. The van der Waals surface area contributed by atoms with E-state index in [9.17, 15) is 9.59 Å². The van der Waals surface area contributed by atoms with Crippen molar-refractivity contribution >= 4 is 33.6 Å². The van der Waals surface area contributed by atoms with Crippen LogP contribution in [0, 0.1) is 13.8 Å². The number of hydrogen-bond donors (Lipinski definition) is 2. The number of hydrogen-bond acceptors (Lipinski definition) is 3. The smallest absolute Gasteiger partial charge is 0.257 e. The molecule has 36 heavy (non-hydrogen) atoms. The topological polar surface area (TPSA) is 62.0 Å². The zero-order valence-corrected chi connectivity index (χ0v) is 20.1. The first-order chi connectivity index (χ1) is 17.5. The molecule has 0 atom stereocenters. The van der Waals surface area contributed by atoms with Gasteiger partial charge in [-0.1, -0.05) is 83.9 Å². The molecule has 6 rings (SSSR count). The van der Waals surface area contributed by atoms with Gasteiger partial charge in [-0.15, -0.1) is 0 Å². The normalized spacial score (nSPS) is 12.8. The van der Waals surface area contributed by atoms with Gasteiger partial charge in [-0.2, -0.15) is 0 Å². The summed E-state index contributed by atoms with van der Waals surface area (Å²) in [6.45, 7) is 4.06. The molecule has 4 aromatic carbocycles. The Morgan fingerprint density at radius 2 is 1.33 bits per heavy atom. The Hall–Kier alpha value is -4.70. The molecule has 0 aliphatic heterocycles. The molecule has 4 heteroatoms. The van der Waals surface area contributed by atoms with E-state index in [-0.39, 0.29) is 11.3 Å². The van der Waals surface area contributed by atoms with Crippen molar-refractivity contribution in [3.05, 3.63) is 135 Å². The van der Waals surface area contributed by atoms with Gasteiger partial charge < -0.3 is 10.3 Å². The number of fused-ring (bicyclic) bond motifs is 2. The number of rotatable bonds is 4. The van der Waals surface area contributed by atoms with Crippen LogP contribution in [-0.2, 0) is 0 Å². The molecule has 4 nitrogen and oxygen atoms in total. The standard InChI is InChI=1S/C32H24N2O2/c1-19-12-15-22(16-13-19)33-30-23-10-6-7-11-24(23)31(35)29(30)28-27(21-8-4-3-5-9-21)25-18-20(2)14-17-26(25)34-32(28)36/h3-18,33H,1-2H3,(H,34,36). The van der Waals surface area contributed by atoms with Crippen molar-refractivity contribution in [2.45, 2.75) is 13.8 Å². The molecule has 1 aromatic heterocycles. The van der Waals surface area contributed by atoms with Crippen LogP contribution < -0.4 is 10.9 Å². The predicted octanol–water partition coefficient (Wildman–Crippen LogP) is 6.99. The number of H-pyrrole nitrogens is 1. The van der Waals surface area contributed by atoms with Gasteiger partial charge >= 0.3 is 0 Å². The molecule has 0 radical (unpaired) electrons. The second kappa shape index (κ2) is 8.51. The summed E-state index contributed by atoms with van der Waals surface area (Å²) in [5.41, 5.74) is 7.98. The molecule has 0 amide bonds. The predicted molar refractivity (Wildman–Crippen MR) is 147 cm³/mol. The average Bonchev–Trinajstić information content (AvgIpc) is 3.16. The largest absolute Gasteiger partial charge is 0.354 e. The Morgan fingerprint density at radius 3 is 2.08 bits per heavy atom. The van der Waals surface area contributed by atoms with Crippen LogP contribution in [0.5, 0.6) is 0 Å². The maximum absolute atomic E-state index is 13.9. The molecule has 2 N–H and O–H groups in total. The van der Waals surface area contributed by atoms with Crippen molar-refractivity contribution < 1.29 is 4.79 Å². The molecule has 1 aliphatic rings. The van der Waals surface area contributed by atoms with Crippen molar-refractivity contribution in [3.63, 3.8) is 0 Å². The molecule has 0 spiro atoms. The fourth-order valence-electron chi connectivity index (χ4n) is 4.98. The van der Waals surface area contributed by atoms with E-state index >= 15 is 0 Å². The Bertz CT molecular complexity index is 1740. The van der Waals surface area contributed by atoms with Crippen LogP contribution in [0.4, 0.5) is 5.69 Å². The molecule has 1 heterocycles. The first kappa shape index (κ1) is 21.8. The summed E-state index contributed by atoms with van der Waals surface area (Å²) in [5, 5.41) is 4.38. The first-order valence-corrected chi connectivity index (χ1v) is 12.0. The maximum Gasteiger partial charge on any atom is 0.257 e. The van der Waals surface area contributed by atoms with E-state index in [2.05, 4.69) is 16.4 Å². The van der Waals surface area contributed by atoms with Crippen LogP contribution in [-0.4, -0.2) is 10.8 Å². The Labute approximate surface area is 209 Å². The van der Waals surface area contributed by atoms with Gasteiger partial charge in [-0.3, -0.25) is 9.59 Å². The number of ketones is 1. The van der Waals surface area contributed by atoms with Crippen molar-refractivity contribution in [1.82, 2.24) is 4.98 Å². The van der Waals surface area contributed by atoms with Crippen LogP contribution in [0.1, 0.15) is 32.6 Å². The minimum Gasteiger partial charge on any atom is -0.354 e. The van der Waals surface area contributed by atoms with Gasteiger partial charge in [-0.05, 0) is 43.7 Å². The number of carbonyl (C=O) groups excluding carboxylic acids is 1. The minimum absolute atomic E-state index is 0.158. The number of pyridine rings is 1. The van der Waals surface area contributed by atoms with Crippen molar-refractivity contribution in [1.29, 1.82) is 0 Å². The number of benzene rings is 4. The zero-order valence-electron chi connectivity index (χ0n) is 20.1. The van der Waals surface area contributed by atoms with Crippen molar-refractivity contribution in [2.24, 2.45) is 0 Å². The number of carbonyl (C=O) groups is 1. The van der Waals surface area contributed by atoms with Crippen molar-refractivity contribution in [3.8, 4) is 11.1 Å². The number of aromatic amines is 1. The van der Waals surface area contributed by atoms with E-state index in [1.807, 2.05) is 105 Å². The van der Waals surface area contributed by atoms with Gasteiger partial charge in [0, 0.05) is 33.3 Å². The SMILES string of the molecule is Cc1ccc(NC2=C(c3c(-c4ccccc4)c4cc(C)ccc4[nH]c3=O)C(=O)c3ccccc32)cc1. The molecule has 0 saturated carbocycles. The number of Topliss-reactive ketones (excluding diaryl/α,β-unsaturated/α-hetero) is 1. The molecule has 1 aliphatic carbocycles. The van der Waals surface area contributed by atoms with E-state index in [0.29, 0.717) is 22.4 Å². The lowest BCUT2D eigenvalue weighted by molar-refractivity contribution is 0.105. The Balaban J connectivity index is 1.71. The first-order valence-electron chi connectivity index (χ1n) is 12.0. The molecule has 0 fully saturated rings. The lowest BCUT2D eigenvalue weighted by Gasteiger charge is -2.16. The van der Waals surface area contributed by atoms with E-state index < -0.39 is 0 Å². The monoisotopic (exact) mass is 468 g/mol. The molecule has 5 aromatic rings. The maximum atomic E-state index is 13.9. The molecule has 0 bridgehead atoms. The molecule has 0 saturated heterocycles. The zero-order chi connectivity index (χ0) is 24.8. The van der Waals surface area contributed by atoms with Gasteiger partial charge in [0.2, 0.25) is 0 Å². The molecular weight excluding hydrogens is 444 g/mol. The highest BCUT2D eigenvalue weighted by molar-refractivity contribution is 6.41. The van der Waals surface area contributed by atoms with Crippen molar-refractivity contribution in [2.75, 3.05) is 5.32 Å². The highest BCUT2D eigenvalue weighted by Gasteiger charge is 2.34. The summed E-state index contributed by atoms with van der Waals surface area (Å²) in [4.78, 5) is 30.8. The second-order valence-electron chi connectivity index (χ2n) is 9.23. The quantitative estimate of drug-likeness (QED) is 0.299. The lowest BCUT2D eigenvalue weighted by atomic mass is 9.90. The van der Waals surface area contributed by atoms with Crippen LogP contribution >= 0.6 is 0 Å². The second-order valence-corrected chi connectivity index (χ2v) is 9.23. The third-order valence-corrected chi connectivity index (χ3v) is 6.72.